The van der Waals surface area contributed by atoms with Gasteiger partial charge in [-0.05, 0) is 24.3 Å². The van der Waals surface area contributed by atoms with Gasteiger partial charge in [0.2, 0.25) is 0 Å². The summed E-state index contributed by atoms with van der Waals surface area (Å²) in [5.41, 5.74) is 0. The maximum Gasteiger partial charge on any atom is 0.147 e. The maximum absolute atomic E-state index is 4.87. The van der Waals surface area contributed by atoms with Crippen LogP contribution in [-0.2, 0) is 0 Å². The maximum atomic E-state index is 4.87. The van der Waals surface area contributed by atoms with E-state index in [4.69, 9.17) is 11.8 Å². The summed E-state index contributed by atoms with van der Waals surface area (Å²) >= 11 is 0. The lowest BCUT2D eigenvalue weighted by Gasteiger charge is -1.98. The van der Waals surface area contributed by atoms with Gasteiger partial charge >= 0.3 is 0 Å². The van der Waals surface area contributed by atoms with Crippen molar-refractivity contribution in [2.24, 2.45) is 11.8 Å². The third kappa shape index (κ3) is 2.63. The van der Waals surface area contributed by atoms with Gasteiger partial charge in [-0.25, -0.2) is 0 Å². The molecule has 4 nitrogen and oxygen atoms in total. The van der Waals surface area contributed by atoms with Crippen LogP contribution in [0.4, 0.5) is 0 Å². The first-order valence-electron chi connectivity index (χ1n) is 2.70. The Balaban J connectivity index is 0.000001000. The molecule has 0 bridgehead atoms. The Labute approximate surface area is 70.4 Å². The summed E-state index contributed by atoms with van der Waals surface area (Å²) in [5, 5.41) is 0. The van der Waals surface area contributed by atoms with E-state index in [1.165, 1.54) is 0 Å². The first-order valence-corrected chi connectivity index (χ1v) is 2.70. The van der Waals surface area contributed by atoms with Crippen LogP contribution in [0.2, 0.25) is 0 Å². The molecule has 0 aliphatic heterocycles. The topological polar surface area (TPSA) is 70.5 Å². The molecule has 0 spiro atoms. The molecule has 0 fully saturated rings. The zero-order valence-corrected chi connectivity index (χ0v) is 6.51. The molecule has 0 saturated carbocycles. The van der Waals surface area contributed by atoms with Crippen LogP contribution < -0.4 is 21.5 Å². The molecule has 0 aromatic heterocycles. The first-order chi connectivity index (χ1) is 4.86. The standard InChI is InChI=1S/C6H8N2O2.ClH/c7-9-5-1-2-6(10-8)4-3-5;/h1-4H,7-8H2;1H. The largest absolute Gasteiger partial charge is 0.412 e. The average Bonchev–Trinajstić information content (AvgIpc) is 2.05. The second kappa shape index (κ2) is 4.79. The van der Waals surface area contributed by atoms with E-state index in [0.29, 0.717) is 11.5 Å². The van der Waals surface area contributed by atoms with Gasteiger partial charge in [0.15, 0.2) is 0 Å². The van der Waals surface area contributed by atoms with Crippen molar-refractivity contribution in [3.05, 3.63) is 24.3 Å². The van der Waals surface area contributed by atoms with Crippen LogP contribution in [-0.4, -0.2) is 0 Å². The van der Waals surface area contributed by atoms with Crippen LogP contribution in [0.3, 0.4) is 0 Å². The predicted octanol–water partition coefficient (Wildman–Crippen LogP) is 0.613. The number of benzene rings is 1. The highest BCUT2D eigenvalue weighted by molar-refractivity contribution is 5.85. The lowest BCUT2D eigenvalue weighted by atomic mass is 10.3. The summed E-state index contributed by atoms with van der Waals surface area (Å²) < 4.78 is 0. The van der Waals surface area contributed by atoms with E-state index in [1.54, 1.807) is 24.3 Å². The van der Waals surface area contributed by atoms with Gasteiger partial charge in [-0.1, -0.05) is 0 Å². The number of rotatable bonds is 2. The van der Waals surface area contributed by atoms with Gasteiger partial charge in [-0.3, -0.25) is 0 Å². The minimum absolute atomic E-state index is 0. The van der Waals surface area contributed by atoms with Crippen LogP contribution in [0.1, 0.15) is 0 Å². The van der Waals surface area contributed by atoms with E-state index < -0.39 is 0 Å². The Bertz CT molecular complexity index is 179. The van der Waals surface area contributed by atoms with Crippen molar-refractivity contribution in [2.75, 3.05) is 0 Å². The molecule has 4 N–H and O–H groups in total. The molecular formula is C6H9ClN2O2. The third-order valence-electron chi connectivity index (χ3n) is 1.10. The number of hydrogen-bond acceptors (Lipinski definition) is 4. The molecule has 0 atom stereocenters. The van der Waals surface area contributed by atoms with Gasteiger partial charge in [0, 0.05) is 0 Å². The van der Waals surface area contributed by atoms with Gasteiger partial charge in [0.05, 0.1) is 0 Å². The molecule has 0 amide bonds. The molecule has 1 rings (SSSR count). The van der Waals surface area contributed by atoms with Crippen LogP contribution >= 0.6 is 12.4 Å². The van der Waals surface area contributed by atoms with Gasteiger partial charge in [0.1, 0.15) is 11.5 Å². The lowest BCUT2D eigenvalue weighted by Crippen LogP contribution is -2.03. The minimum Gasteiger partial charge on any atom is -0.412 e. The van der Waals surface area contributed by atoms with Gasteiger partial charge in [0.25, 0.3) is 0 Å². The molecule has 0 aliphatic carbocycles. The summed E-state index contributed by atoms with van der Waals surface area (Å²) in [5.74, 6) is 10.9. The molecule has 0 heterocycles. The summed E-state index contributed by atoms with van der Waals surface area (Å²) in [6, 6.07) is 6.62. The molecular weight excluding hydrogens is 168 g/mol. The fraction of sp³-hybridized carbons (Fsp3) is 0. The Kier molecular flexibility index (Phi) is 4.36. The Morgan fingerprint density at radius 3 is 1.27 bits per heavy atom. The molecule has 5 heteroatoms. The Morgan fingerprint density at radius 2 is 1.09 bits per heavy atom. The average molecular weight is 177 g/mol. The van der Waals surface area contributed by atoms with Gasteiger partial charge < -0.3 is 9.68 Å². The second-order valence-corrected chi connectivity index (χ2v) is 1.71. The summed E-state index contributed by atoms with van der Waals surface area (Å²) in [4.78, 5) is 8.83. The first kappa shape index (κ1) is 10.0. The molecule has 1 aromatic carbocycles. The number of halogens is 1. The molecule has 0 aliphatic rings. The molecule has 0 radical (unpaired) electrons. The second-order valence-electron chi connectivity index (χ2n) is 1.71. The third-order valence-corrected chi connectivity index (χ3v) is 1.10. The van der Waals surface area contributed by atoms with Crippen molar-refractivity contribution >= 4 is 12.4 Å². The Morgan fingerprint density at radius 1 is 0.818 bits per heavy atom. The predicted molar refractivity (Wildman–Crippen MR) is 43.3 cm³/mol. The fourth-order valence-corrected chi connectivity index (χ4v) is 0.597. The summed E-state index contributed by atoms with van der Waals surface area (Å²) in [6.45, 7) is 0. The number of nitrogens with two attached hydrogens (primary N) is 2. The molecule has 0 saturated heterocycles. The lowest BCUT2D eigenvalue weighted by molar-refractivity contribution is 0.324. The van der Waals surface area contributed by atoms with Crippen molar-refractivity contribution in [1.29, 1.82) is 0 Å². The van der Waals surface area contributed by atoms with E-state index in [0.717, 1.165) is 0 Å². The molecule has 62 valence electrons. The quantitative estimate of drug-likeness (QED) is 0.648. The van der Waals surface area contributed by atoms with E-state index in [-0.39, 0.29) is 12.4 Å². The zero-order valence-electron chi connectivity index (χ0n) is 5.69. The van der Waals surface area contributed by atoms with E-state index in [2.05, 4.69) is 9.68 Å². The van der Waals surface area contributed by atoms with Crippen molar-refractivity contribution in [2.45, 2.75) is 0 Å². The summed E-state index contributed by atoms with van der Waals surface area (Å²) in [7, 11) is 0. The summed E-state index contributed by atoms with van der Waals surface area (Å²) in [6.07, 6.45) is 0. The fourth-order valence-electron chi connectivity index (χ4n) is 0.597. The van der Waals surface area contributed by atoms with Crippen LogP contribution in [0.15, 0.2) is 24.3 Å². The molecule has 1 aromatic rings. The zero-order chi connectivity index (χ0) is 7.40. The van der Waals surface area contributed by atoms with Crippen LogP contribution in [0.25, 0.3) is 0 Å². The molecule has 0 unspecified atom stereocenters. The highest BCUT2D eigenvalue weighted by atomic mass is 35.5. The van der Waals surface area contributed by atoms with Gasteiger partial charge in [-0.15, -0.1) is 12.4 Å². The number of hydrogen-bond donors (Lipinski definition) is 2. The van der Waals surface area contributed by atoms with E-state index in [9.17, 15) is 0 Å². The van der Waals surface area contributed by atoms with Crippen molar-refractivity contribution in [3.8, 4) is 11.5 Å². The van der Waals surface area contributed by atoms with Crippen molar-refractivity contribution < 1.29 is 9.68 Å². The SMILES string of the molecule is Cl.NOc1ccc(ON)cc1. The highest BCUT2D eigenvalue weighted by Crippen LogP contribution is 2.14. The molecule has 11 heavy (non-hydrogen) atoms. The highest BCUT2D eigenvalue weighted by Gasteiger charge is 1.91. The normalized spacial score (nSPS) is 8.18. The minimum atomic E-state index is 0. The van der Waals surface area contributed by atoms with Crippen LogP contribution in [0, 0.1) is 0 Å². The smallest absolute Gasteiger partial charge is 0.147 e. The monoisotopic (exact) mass is 176 g/mol. The van der Waals surface area contributed by atoms with Crippen molar-refractivity contribution in [3.63, 3.8) is 0 Å². The van der Waals surface area contributed by atoms with Crippen molar-refractivity contribution in [1.82, 2.24) is 0 Å². The van der Waals surface area contributed by atoms with Crippen LogP contribution in [0.5, 0.6) is 11.5 Å². The van der Waals surface area contributed by atoms with E-state index in [1.807, 2.05) is 0 Å². The van der Waals surface area contributed by atoms with Gasteiger partial charge in [-0.2, -0.15) is 11.8 Å². The Hall–Kier alpha value is -0.970. The van der Waals surface area contributed by atoms with E-state index >= 15 is 0 Å².